The highest BCUT2D eigenvalue weighted by molar-refractivity contribution is 6.08. The van der Waals surface area contributed by atoms with E-state index in [2.05, 4.69) is 5.32 Å². The first-order chi connectivity index (χ1) is 10.0. The summed E-state index contributed by atoms with van der Waals surface area (Å²) in [6, 6.07) is 10.2. The number of phenolic OH excluding ortho intramolecular Hbond substituents is 1. The molecule has 0 spiro atoms. The zero-order valence-corrected chi connectivity index (χ0v) is 11.2. The highest BCUT2D eigenvalue weighted by atomic mass is 16.5. The number of aromatic carboxylic acids is 1. The number of aromatic hydroxyl groups is 1. The van der Waals surface area contributed by atoms with Crippen molar-refractivity contribution in [2.24, 2.45) is 0 Å². The number of amides is 1. The third kappa shape index (κ3) is 3.30. The van der Waals surface area contributed by atoms with Crippen molar-refractivity contribution in [2.45, 2.75) is 0 Å². The van der Waals surface area contributed by atoms with Crippen molar-refractivity contribution in [3.05, 3.63) is 53.6 Å². The number of ether oxygens (including phenoxy) is 1. The molecule has 2 rings (SSSR count). The van der Waals surface area contributed by atoms with Crippen molar-refractivity contribution >= 4 is 17.6 Å². The normalized spacial score (nSPS) is 9.95. The summed E-state index contributed by atoms with van der Waals surface area (Å²) < 4.78 is 5.03. The topological polar surface area (TPSA) is 95.9 Å². The lowest BCUT2D eigenvalue weighted by Gasteiger charge is -2.09. The first-order valence-electron chi connectivity index (χ1n) is 6.03. The van der Waals surface area contributed by atoms with E-state index in [-0.39, 0.29) is 17.0 Å². The van der Waals surface area contributed by atoms with Crippen LogP contribution in [0.15, 0.2) is 42.5 Å². The number of carbonyl (C=O) groups is 2. The van der Waals surface area contributed by atoms with Gasteiger partial charge in [0.1, 0.15) is 11.5 Å². The van der Waals surface area contributed by atoms with Gasteiger partial charge in [-0.3, -0.25) is 4.79 Å². The number of phenols is 1. The Hall–Kier alpha value is -3.02. The number of rotatable bonds is 4. The van der Waals surface area contributed by atoms with E-state index in [9.17, 15) is 14.7 Å². The molecule has 0 aromatic heterocycles. The Morgan fingerprint density at radius 1 is 1.14 bits per heavy atom. The van der Waals surface area contributed by atoms with Crippen LogP contribution in [0.4, 0.5) is 5.69 Å². The van der Waals surface area contributed by atoms with Crippen LogP contribution in [0.1, 0.15) is 20.7 Å². The molecule has 0 radical (unpaired) electrons. The number of hydrogen-bond donors (Lipinski definition) is 3. The van der Waals surface area contributed by atoms with Crippen LogP contribution in [0, 0.1) is 0 Å². The van der Waals surface area contributed by atoms with Gasteiger partial charge in [-0.05, 0) is 36.4 Å². The summed E-state index contributed by atoms with van der Waals surface area (Å²) in [5.41, 5.74) is 0.248. The van der Waals surface area contributed by atoms with Crippen LogP contribution in [0.3, 0.4) is 0 Å². The Balaban J connectivity index is 2.29. The molecule has 0 heterocycles. The van der Waals surface area contributed by atoms with E-state index in [4.69, 9.17) is 9.84 Å². The minimum Gasteiger partial charge on any atom is -0.508 e. The van der Waals surface area contributed by atoms with Gasteiger partial charge in [-0.25, -0.2) is 4.79 Å². The average Bonchev–Trinajstić information content (AvgIpc) is 2.48. The lowest BCUT2D eigenvalue weighted by atomic mass is 10.1. The molecule has 0 fully saturated rings. The molecule has 0 aliphatic carbocycles. The molecule has 0 saturated carbocycles. The third-order valence-corrected chi connectivity index (χ3v) is 2.81. The van der Waals surface area contributed by atoms with Gasteiger partial charge in [0.05, 0.1) is 18.4 Å². The first-order valence-corrected chi connectivity index (χ1v) is 6.03. The maximum atomic E-state index is 12.1. The van der Waals surface area contributed by atoms with Crippen LogP contribution < -0.4 is 10.1 Å². The fourth-order valence-electron chi connectivity index (χ4n) is 1.78. The van der Waals surface area contributed by atoms with E-state index in [1.54, 1.807) is 18.2 Å². The smallest absolute Gasteiger partial charge is 0.337 e. The fourth-order valence-corrected chi connectivity index (χ4v) is 1.78. The Morgan fingerprint density at radius 3 is 2.57 bits per heavy atom. The molecule has 21 heavy (non-hydrogen) atoms. The molecule has 0 aliphatic rings. The molecule has 3 N–H and O–H groups in total. The number of carboxylic acid groups (broad SMARTS) is 1. The van der Waals surface area contributed by atoms with E-state index in [0.29, 0.717) is 11.3 Å². The van der Waals surface area contributed by atoms with E-state index in [1.807, 2.05) is 0 Å². The molecule has 108 valence electrons. The molecule has 6 nitrogen and oxygen atoms in total. The third-order valence-electron chi connectivity index (χ3n) is 2.81. The number of methoxy groups -OCH3 is 1. The van der Waals surface area contributed by atoms with Gasteiger partial charge in [0.25, 0.3) is 5.91 Å². The highest BCUT2D eigenvalue weighted by Gasteiger charge is 2.14. The summed E-state index contributed by atoms with van der Waals surface area (Å²) >= 11 is 0. The molecule has 6 heteroatoms. The van der Waals surface area contributed by atoms with Crippen LogP contribution in [-0.2, 0) is 0 Å². The molecule has 1 amide bonds. The molecule has 0 unspecified atom stereocenters. The number of benzene rings is 2. The van der Waals surface area contributed by atoms with Crippen LogP contribution in [0.2, 0.25) is 0 Å². The van der Waals surface area contributed by atoms with Gasteiger partial charge in [0.2, 0.25) is 0 Å². The quantitative estimate of drug-likeness (QED) is 0.750. The second-order valence-electron chi connectivity index (χ2n) is 4.22. The number of carboxylic acids is 1. The van der Waals surface area contributed by atoms with E-state index in [1.165, 1.54) is 25.3 Å². The van der Waals surface area contributed by atoms with Gasteiger partial charge < -0.3 is 20.3 Å². The second kappa shape index (κ2) is 5.96. The Morgan fingerprint density at radius 2 is 1.90 bits per heavy atom. The molecule has 2 aromatic rings. The fraction of sp³-hybridized carbons (Fsp3) is 0.0667. The van der Waals surface area contributed by atoms with Crippen molar-refractivity contribution in [3.63, 3.8) is 0 Å². The second-order valence-corrected chi connectivity index (χ2v) is 4.22. The van der Waals surface area contributed by atoms with Crippen molar-refractivity contribution < 1.29 is 24.5 Å². The molecular weight excluding hydrogens is 274 g/mol. The summed E-state index contributed by atoms with van der Waals surface area (Å²) in [7, 11) is 1.49. The Kier molecular flexibility index (Phi) is 4.08. The van der Waals surface area contributed by atoms with Gasteiger partial charge in [-0.15, -0.1) is 0 Å². The van der Waals surface area contributed by atoms with Crippen LogP contribution in [-0.4, -0.2) is 29.2 Å². The van der Waals surface area contributed by atoms with Gasteiger partial charge >= 0.3 is 5.97 Å². The maximum Gasteiger partial charge on any atom is 0.337 e. The van der Waals surface area contributed by atoms with Crippen LogP contribution >= 0.6 is 0 Å². The minimum absolute atomic E-state index is 0.105. The molecule has 2 aromatic carbocycles. The lowest BCUT2D eigenvalue weighted by Crippen LogP contribution is -2.14. The molecule has 0 bridgehead atoms. The van der Waals surface area contributed by atoms with Gasteiger partial charge in [-0.2, -0.15) is 0 Å². The van der Waals surface area contributed by atoms with Gasteiger partial charge in [0, 0.05) is 5.56 Å². The number of hydrogen-bond acceptors (Lipinski definition) is 4. The monoisotopic (exact) mass is 287 g/mol. The van der Waals surface area contributed by atoms with E-state index >= 15 is 0 Å². The molecule has 0 atom stereocenters. The number of carbonyl (C=O) groups excluding carboxylic acids is 1. The maximum absolute atomic E-state index is 12.1. The first kappa shape index (κ1) is 14.4. The van der Waals surface area contributed by atoms with Crippen molar-refractivity contribution in [1.29, 1.82) is 0 Å². The molecular formula is C15H13NO5. The van der Waals surface area contributed by atoms with Gasteiger partial charge in [0.15, 0.2) is 0 Å². The number of nitrogens with one attached hydrogen (secondary N) is 1. The highest BCUT2D eigenvalue weighted by Crippen LogP contribution is 2.22. The predicted octanol–water partition coefficient (Wildman–Crippen LogP) is 2.35. The van der Waals surface area contributed by atoms with Crippen molar-refractivity contribution in [1.82, 2.24) is 0 Å². The predicted molar refractivity (Wildman–Crippen MR) is 76.0 cm³/mol. The Bertz CT molecular complexity index is 696. The summed E-state index contributed by atoms with van der Waals surface area (Å²) in [4.78, 5) is 23.2. The SMILES string of the molecule is COc1cccc(C(=O)Nc2ccc(O)cc2C(=O)O)c1. The summed E-state index contributed by atoms with van der Waals surface area (Å²) in [6.07, 6.45) is 0. The summed E-state index contributed by atoms with van der Waals surface area (Å²) in [5, 5.41) is 20.9. The zero-order valence-electron chi connectivity index (χ0n) is 11.2. The van der Waals surface area contributed by atoms with Crippen LogP contribution in [0.5, 0.6) is 11.5 Å². The zero-order chi connectivity index (χ0) is 15.4. The number of anilines is 1. The summed E-state index contributed by atoms with van der Waals surface area (Å²) in [6.45, 7) is 0. The van der Waals surface area contributed by atoms with Crippen molar-refractivity contribution in [3.8, 4) is 11.5 Å². The summed E-state index contributed by atoms with van der Waals surface area (Å²) in [5.74, 6) is -1.38. The lowest BCUT2D eigenvalue weighted by molar-refractivity contribution is 0.0697. The van der Waals surface area contributed by atoms with Crippen molar-refractivity contribution in [2.75, 3.05) is 12.4 Å². The van der Waals surface area contributed by atoms with E-state index < -0.39 is 11.9 Å². The van der Waals surface area contributed by atoms with Crippen LogP contribution in [0.25, 0.3) is 0 Å². The van der Waals surface area contributed by atoms with Gasteiger partial charge in [-0.1, -0.05) is 6.07 Å². The van der Waals surface area contributed by atoms with E-state index in [0.717, 1.165) is 6.07 Å². The minimum atomic E-state index is -1.24. The molecule has 0 saturated heterocycles. The molecule has 0 aliphatic heterocycles. The average molecular weight is 287 g/mol. The standard InChI is InChI=1S/C15H13NO5/c1-21-11-4-2-3-9(7-11)14(18)16-13-6-5-10(17)8-12(13)15(19)20/h2-8,17H,1H3,(H,16,18)(H,19,20). The largest absolute Gasteiger partial charge is 0.508 e. The Labute approximate surface area is 120 Å².